The Morgan fingerprint density at radius 1 is 1.33 bits per heavy atom. The predicted octanol–water partition coefficient (Wildman–Crippen LogP) is -0.610. The Hall–Kier alpha value is -0.325. The Morgan fingerprint density at radius 3 is 2.44 bits per heavy atom. The Bertz CT molecular complexity index is 202. The molecule has 0 aliphatic rings. The smallest absolute Gasteiger partial charge is 0.242 e. The molecule has 45 valence electrons. The van der Waals surface area contributed by atoms with E-state index in [2.05, 4.69) is 9.24 Å². The van der Waals surface area contributed by atoms with Crippen molar-refractivity contribution in [2.24, 2.45) is 5.64 Å². The van der Waals surface area contributed by atoms with Gasteiger partial charge in [-0.3, -0.25) is 0 Å². The maximum atomic E-state index is 5.31. The van der Waals surface area contributed by atoms with E-state index in [0.717, 1.165) is 10.8 Å². The molecule has 0 aromatic heterocycles. The summed E-state index contributed by atoms with van der Waals surface area (Å²) in [6.07, 6.45) is 0. The second-order valence-corrected chi connectivity index (χ2v) is 2.42. The standard InChI is InChI=1S/C6H8BNP/c8-7-5-3-1-2-4-6(5)9/h1-4H,8-9H2. The molecule has 1 aromatic rings. The van der Waals surface area contributed by atoms with Crippen LogP contribution < -0.4 is 16.4 Å². The van der Waals surface area contributed by atoms with Crippen LogP contribution >= 0.6 is 9.24 Å². The van der Waals surface area contributed by atoms with Crippen molar-refractivity contribution in [3.8, 4) is 0 Å². The molecule has 1 rings (SSSR count). The Balaban J connectivity index is 3.01. The minimum Gasteiger partial charge on any atom is -0.370 e. The van der Waals surface area contributed by atoms with Crippen LogP contribution in [0.3, 0.4) is 0 Å². The van der Waals surface area contributed by atoms with Crippen LogP contribution in [0, 0.1) is 0 Å². The molecule has 0 heterocycles. The topological polar surface area (TPSA) is 26.0 Å². The summed E-state index contributed by atoms with van der Waals surface area (Å²) in [6, 6.07) is 7.92. The Morgan fingerprint density at radius 2 is 2.00 bits per heavy atom. The predicted molar refractivity (Wildman–Crippen MR) is 45.4 cm³/mol. The molecular weight excluding hydrogens is 128 g/mol. The van der Waals surface area contributed by atoms with E-state index >= 15 is 0 Å². The first-order valence-corrected chi connectivity index (χ1v) is 3.32. The zero-order chi connectivity index (χ0) is 6.69. The molecule has 1 unspecified atom stereocenters. The fourth-order valence-corrected chi connectivity index (χ4v) is 0.966. The summed E-state index contributed by atoms with van der Waals surface area (Å²) in [4.78, 5) is 0. The molecule has 1 nitrogen and oxygen atoms in total. The van der Waals surface area contributed by atoms with E-state index in [1.807, 2.05) is 24.3 Å². The van der Waals surface area contributed by atoms with Crippen LogP contribution in [-0.4, -0.2) is 7.41 Å². The van der Waals surface area contributed by atoms with Crippen LogP contribution in [0.1, 0.15) is 0 Å². The van der Waals surface area contributed by atoms with Gasteiger partial charge in [0.05, 0.1) is 0 Å². The number of rotatable bonds is 1. The summed E-state index contributed by atoms with van der Waals surface area (Å²) >= 11 is 0. The SMILES string of the molecule is N[B]c1ccccc1P. The first-order chi connectivity index (χ1) is 4.34. The van der Waals surface area contributed by atoms with Crippen molar-refractivity contribution in [3.63, 3.8) is 0 Å². The minimum absolute atomic E-state index is 1.07. The van der Waals surface area contributed by atoms with Gasteiger partial charge in [0.2, 0.25) is 7.41 Å². The first-order valence-electron chi connectivity index (χ1n) is 2.74. The quantitative estimate of drug-likeness (QED) is 0.404. The maximum Gasteiger partial charge on any atom is 0.242 e. The van der Waals surface area contributed by atoms with Crippen molar-refractivity contribution in [1.29, 1.82) is 0 Å². The summed E-state index contributed by atoms with van der Waals surface area (Å²) in [5, 5.41) is 1.14. The minimum atomic E-state index is 1.07. The van der Waals surface area contributed by atoms with Gasteiger partial charge in [0, 0.05) is 0 Å². The van der Waals surface area contributed by atoms with Gasteiger partial charge in [-0.05, 0) is 5.30 Å². The molecule has 0 aliphatic carbocycles. The molecule has 0 fully saturated rings. The van der Waals surface area contributed by atoms with Crippen LogP contribution in [0.2, 0.25) is 0 Å². The van der Waals surface area contributed by atoms with Crippen molar-refractivity contribution in [3.05, 3.63) is 24.3 Å². The zero-order valence-electron chi connectivity index (χ0n) is 5.04. The van der Waals surface area contributed by atoms with Crippen molar-refractivity contribution in [2.45, 2.75) is 0 Å². The van der Waals surface area contributed by atoms with Crippen LogP contribution in [0.25, 0.3) is 0 Å². The molecule has 1 atom stereocenters. The van der Waals surface area contributed by atoms with Gasteiger partial charge in [0.1, 0.15) is 0 Å². The van der Waals surface area contributed by atoms with Gasteiger partial charge in [-0.1, -0.05) is 29.7 Å². The highest BCUT2D eigenvalue weighted by Crippen LogP contribution is 1.84. The molecule has 0 aliphatic heterocycles. The van der Waals surface area contributed by atoms with E-state index in [9.17, 15) is 0 Å². The molecule has 1 aromatic carbocycles. The summed E-state index contributed by atoms with van der Waals surface area (Å²) in [5.41, 5.74) is 6.38. The monoisotopic (exact) mass is 136 g/mol. The second kappa shape index (κ2) is 3.00. The lowest BCUT2D eigenvalue weighted by atomic mass is 9.85. The molecule has 0 bridgehead atoms. The normalized spacial score (nSPS) is 9.11. The molecule has 0 amide bonds. The third-order valence-corrected chi connectivity index (χ3v) is 1.70. The molecule has 0 saturated carbocycles. The Labute approximate surface area is 58.1 Å². The zero-order valence-corrected chi connectivity index (χ0v) is 6.20. The van der Waals surface area contributed by atoms with Crippen molar-refractivity contribution < 1.29 is 0 Å². The summed E-state index contributed by atoms with van der Waals surface area (Å²) in [7, 11) is 4.22. The molecule has 0 spiro atoms. The van der Waals surface area contributed by atoms with Gasteiger partial charge in [-0.15, -0.1) is 9.24 Å². The Kier molecular flexibility index (Phi) is 2.26. The van der Waals surface area contributed by atoms with Crippen LogP contribution in [0.5, 0.6) is 0 Å². The molecule has 1 radical (unpaired) electrons. The third kappa shape index (κ3) is 1.54. The van der Waals surface area contributed by atoms with Crippen LogP contribution in [0.4, 0.5) is 0 Å². The number of benzene rings is 1. The summed E-state index contributed by atoms with van der Waals surface area (Å²) in [6.45, 7) is 0. The van der Waals surface area contributed by atoms with Gasteiger partial charge < -0.3 is 5.64 Å². The highest BCUT2D eigenvalue weighted by atomic mass is 31.0. The lowest BCUT2D eigenvalue weighted by Gasteiger charge is -1.97. The van der Waals surface area contributed by atoms with E-state index in [0.29, 0.717) is 0 Å². The lowest BCUT2D eigenvalue weighted by Crippen LogP contribution is -2.31. The highest BCUT2D eigenvalue weighted by Gasteiger charge is 1.92. The van der Waals surface area contributed by atoms with Gasteiger partial charge >= 0.3 is 0 Å². The largest absolute Gasteiger partial charge is 0.370 e. The maximum absolute atomic E-state index is 5.31. The summed E-state index contributed by atoms with van der Waals surface area (Å²) < 4.78 is 0. The van der Waals surface area contributed by atoms with Gasteiger partial charge in [-0.25, -0.2) is 0 Å². The van der Waals surface area contributed by atoms with Gasteiger partial charge in [0.15, 0.2) is 0 Å². The van der Waals surface area contributed by atoms with E-state index < -0.39 is 0 Å². The lowest BCUT2D eigenvalue weighted by molar-refractivity contribution is 1.80. The van der Waals surface area contributed by atoms with Crippen LogP contribution in [0.15, 0.2) is 24.3 Å². The molecule has 2 N–H and O–H groups in total. The fourth-order valence-electron chi connectivity index (χ4n) is 0.663. The second-order valence-electron chi connectivity index (χ2n) is 1.80. The van der Waals surface area contributed by atoms with Gasteiger partial charge in [0.25, 0.3) is 0 Å². The molecule has 3 heteroatoms. The van der Waals surface area contributed by atoms with Crippen LogP contribution in [-0.2, 0) is 0 Å². The van der Waals surface area contributed by atoms with Crippen molar-refractivity contribution in [1.82, 2.24) is 0 Å². The molecular formula is C6H8BNP. The number of nitrogens with two attached hydrogens (primary N) is 1. The molecule has 0 saturated heterocycles. The first kappa shape index (κ1) is 6.79. The van der Waals surface area contributed by atoms with Crippen molar-refractivity contribution >= 4 is 27.4 Å². The van der Waals surface area contributed by atoms with E-state index in [1.165, 1.54) is 0 Å². The van der Waals surface area contributed by atoms with E-state index in [4.69, 9.17) is 5.64 Å². The van der Waals surface area contributed by atoms with Crippen molar-refractivity contribution in [2.75, 3.05) is 0 Å². The van der Waals surface area contributed by atoms with E-state index in [-0.39, 0.29) is 0 Å². The summed E-state index contributed by atoms with van der Waals surface area (Å²) in [5.74, 6) is 0. The molecule has 9 heavy (non-hydrogen) atoms. The van der Waals surface area contributed by atoms with Gasteiger partial charge in [-0.2, -0.15) is 0 Å². The number of hydrogen-bond acceptors (Lipinski definition) is 1. The number of hydrogen-bond donors (Lipinski definition) is 1. The fraction of sp³-hybridized carbons (Fsp3) is 0. The highest BCUT2D eigenvalue weighted by molar-refractivity contribution is 7.28. The average Bonchev–Trinajstić information content (AvgIpc) is 1.89. The third-order valence-electron chi connectivity index (χ3n) is 1.18. The van der Waals surface area contributed by atoms with E-state index in [1.54, 1.807) is 7.41 Å². The average molecular weight is 136 g/mol.